The van der Waals surface area contributed by atoms with Crippen molar-refractivity contribution in [2.75, 3.05) is 20.2 Å². The van der Waals surface area contributed by atoms with E-state index in [0.29, 0.717) is 31.0 Å². The fraction of sp³-hybridized carbons (Fsp3) is 0.500. The highest BCUT2D eigenvalue weighted by molar-refractivity contribution is 6.31. The van der Waals surface area contributed by atoms with E-state index in [1.807, 2.05) is 12.1 Å². The van der Waals surface area contributed by atoms with Gasteiger partial charge in [-0.05, 0) is 42.4 Å². The number of nitrogens with zero attached hydrogens (tertiary/aromatic N) is 2. The highest BCUT2D eigenvalue weighted by atomic mass is 35.5. The summed E-state index contributed by atoms with van der Waals surface area (Å²) in [4.78, 5) is 13.4. The van der Waals surface area contributed by atoms with E-state index >= 15 is 0 Å². The van der Waals surface area contributed by atoms with Crippen LogP contribution in [0.2, 0.25) is 5.02 Å². The van der Waals surface area contributed by atoms with Crippen molar-refractivity contribution in [2.45, 2.75) is 18.4 Å². The van der Waals surface area contributed by atoms with Crippen LogP contribution < -0.4 is 0 Å². The van der Waals surface area contributed by atoms with Crippen molar-refractivity contribution in [3.05, 3.63) is 28.9 Å². The van der Waals surface area contributed by atoms with Crippen molar-refractivity contribution in [1.29, 1.82) is 0 Å². The maximum atomic E-state index is 11.7. The molecule has 4 rings (SSSR count). The average molecular weight is 336 g/mol. The first-order chi connectivity index (χ1) is 11.0. The molecule has 1 aromatic carbocycles. The number of likely N-dealkylation sites (tertiary alicyclic amines) is 1. The molecule has 0 bridgehead atoms. The number of fused-ring (bicyclic) bond motifs is 2. The average Bonchev–Trinajstić information content (AvgIpc) is 3.18. The number of hydrogen-bond donors (Lipinski definition) is 2. The van der Waals surface area contributed by atoms with Gasteiger partial charge in [-0.25, -0.2) is 4.79 Å². The Kier molecular flexibility index (Phi) is 3.28. The Morgan fingerprint density at radius 1 is 1.43 bits per heavy atom. The molecule has 23 heavy (non-hydrogen) atoms. The summed E-state index contributed by atoms with van der Waals surface area (Å²) in [5.41, 5.74) is 0.729. The quantitative estimate of drug-likeness (QED) is 0.839. The van der Waals surface area contributed by atoms with Crippen LogP contribution in [0, 0.1) is 11.8 Å². The lowest BCUT2D eigenvalue weighted by Gasteiger charge is -2.27. The minimum Gasteiger partial charge on any atom is -0.453 e. The molecule has 0 unspecified atom stereocenters. The van der Waals surface area contributed by atoms with E-state index in [-0.39, 0.29) is 17.9 Å². The summed E-state index contributed by atoms with van der Waals surface area (Å²) in [6, 6.07) is 3.64. The third kappa shape index (κ3) is 2.28. The largest absolute Gasteiger partial charge is 0.453 e. The SMILES string of the molecule is COC(=O)N1C[C@@H]2C[C@@](O)(c3cc(Cl)cc4[nH]ncc34)C[C@@H]2C1. The molecule has 2 aromatic rings. The topological polar surface area (TPSA) is 78.5 Å². The molecule has 3 atom stereocenters. The zero-order valence-electron chi connectivity index (χ0n) is 12.8. The lowest BCUT2D eigenvalue weighted by atomic mass is 9.88. The summed E-state index contributed by atoms with van der Waals surface area (Å²) >= 11 is 6.20. The first-order valence-corrected chi connectivity index (χ1v) is 8.06. The second-order valence-corrected chi connectivity index (χ2v) is 7.06. The van der Waals surface area contributed by atoms with E-state index in [1.54, 1.807) is 11.1 Å². The maximum Gasteiger partial charge on any atom is 0.409 e. The van der Waals surface area contributed by atoms with Gasteiger partial charge in [-0.3, -0.25) is 5.10 Å². The van der Waals surface area contributed by atoms with E-state index in [2.05, 4.69) is 10.2 Å². The molecule has 1 aliphatic heterocycles. The van der Waals surface area contributed by atoms with Crippen molar-refractivity contribution in [2.24, 2.45) is 11.8 Å². The molecule has 2 N–H and O–H groups in total. The standard InChI is InChI=1S/C16H18ClN3O3/c1-23-15(21)20-7-9-4-16(22,5-10(9)8-20)13-2-11(17)3-14-12(13)6-18-19-14/h2-3,6,9-10,22H,4-5,7-8H2,1H3,(H,18,19)/t9-,10+,16-. The van der Waals surface area contributed by atoms with Crippen LogP contribution >= 0.6 is 11.6 Å². The highest BCUT2D eigenvalue weighted by Crippen LogP contribution is 2.50. The molecule has 6 nitrogen and oxygen atoms in total. The number of aromatic nitrogens is 2. The van der Waals surface area contributed by atoms with Gasteiger partial charge < -0.3 is 14.7 Å². The fourth-order valence-electron chi connectivity index (χ4n) is 4.25. The summed E-state index contributed by atoms with van der Waals surface area (Å²) in [7, 11) is 1.40. The van der Waals surface area contributed by atoms with Crippen LogP contribution in [-0.4, -0.2) is 46.5 Å². The third-order valence-corrected chi connectivity index (χ3v) is 5.45. The summed E-state index contributed by atoms with van der Waals surface area (Å²) in [5.74, 6) is 0.556. The lowest BCUT2D eigenvalue weighted by molar-refractivity contribution is 0.0323. The molecule has 122 valence electrons. The highest BCUT2D eigenvalue weighted by Gasteiger charge is 2.50. The van der Waals surface area contributed by atoms with Crippen LogP contribution in [0.5, 0.6) is 0 Å². The molecule has 2 heterocycles. The van der Waals surface area contributed by atoms with Crippen LogP contribution in [-0.2, 0) is 10.3 Å². The predicted octanol–water partition coefficient (Wildman–Crippen LogP) is 2.51. The molecule has 1 aliphatic carbocycles. The number of rotatable bonds is 1. The maximum absolute atomic E-state index is 11.7. The number of methoxy groups -OCH3 is 1. The molecule has 1 amide bonds. The molecule has 2 aliphatic rings. The molecule has 1 saturated carbocycles. The number of ether oxygens (including phenoxy) is 1. The summed E-state index contributed by atoms with van der Waals surface area (Å²) in [6.07, 6.45) is 2.67. The van der Waals surface area contributed by atoms with Crippen molar-refractivity contribution in [1.82, 2.24) is 15.1 Å². The van der Waals surface area contributed by atoms with Gasteiger partial charge >= 0.3 is 6.09 Å². The van der Waals surface area contributed by atoms with Gasteiger partial charge in [0.15, 0.2) is 0 Å². The van der Waals surface area contributed by atoms with Gasteiger partial charge in [0, 0.05) is 23.5 Å². The number of carbonyl (C=O) groups is 1. The number of aromatic amines is 1. The first kappa shape index (κ1) is 14.8. The number of aliphatic hydroxyl groups is 1. The second kappa shape index (κ2) is 5.11. The minimum atomic E-state index is -0.926. The Morgan fingerprint density at radius 2 is 2.13 bits per heavy atom. The van der Waals surface area contributed by atoms with E-state index < -0.39 is 5.60 Å². The smallest absolute Gasteiger partial charge is 0.409 e. The zero-order chi connectivity index (χ0) is 16.2. The van der Waals surface area contributed by atoms with Crippen LogP contribution in [0.15, 0.2) is 18.3 Å². The zero-order valence-corrected chi connectivity index (χ0v) is 13.5. The third-order valence-electron chi connectivity index (χ3n) is 5.23. The van der Waals surface area contributed by atoms with Gasteiger partial charge in [-0.15, -0.1) is 0 Å². The summed E-state index contributed by atoms with van der Waals surface area (Å²) in [5, 5.41) is 19.7. The van der Waals surface area contributed by atoms with Gasteiger partial charge in [-0.2, -0.15) is 5.10 Å². The Labute approximate surface area is 138 Å². The first-order valence-electron chi connectivity index (χ1n) is 7.68. The van der Waals surface area contributed by atoms with Crippen LogP contribution in [0.4, 0.5) is 4.79 Å². The number of carbonyl (C=O) groups excluding carboxylic acids is 1. The number of benzene rings is 1. The fourth-order valence-corrected chi connectivity index (χ4v) is 4.47. The molecule has 0 spiro atoms. The Hall–Kier alpha value is -1.79. The Bertz CT molecular complexity index is 761. The monoisotopic (exact) mass is 335 g/mol. The molecular weight excluding hydrogens is 318 g/mol. The van der Waals surface area contributed by atoms with Crippen LogP contribution in [0.3, 0.4) is 0 Å². The molecule has 1 aromatic heterocycles. The number of hydrogen-bond acceptors (Lipinski definition) is 4. The number of nitrogens with one attached hydrogen (secondary N) is 1. The van der Waals surface area contributed by atoms with Crippen molar-refractivity contribution >= 4 is 28.6 Å². The lowest BCUT2D eigenvalue weighted by Crippen LogP contribution is -2.32. The minimum absolute atomic E-state index is 0.278. The van der Waals surface area contributed by atoms with E-state index in [4.69, 9.17) is 16.3 Å². The van der Waals surface area contributed by atoms with E-state index in [0.717, 1.165) is 16.5 Å². The van der Waals surface area contributed by atoms with Crippen LogP contribution in [0.25, 0.3) is 10.9 Å². The van der Waals surface area contributed by atoms with E-state index in [1.165, 1.54) is 7.11 Å². The molecule has 0 radical (unpaired) electrons. The molecule has 1 saturated heterocycles. The van der Waals surface area contributed by atoms with Gasteiger partial charge in [-0.1, -0.05) is 11.6 Å². The van der Waals surface area contributed by atoms with E-state index in [9.17, 15) is 9.90 Å². The Morgan fingerprint density at radius 3 is 2.78 bits per heavy atom. The van der Waals surface area contributed by atoms with Gasteiger partial charge in [0.1, 0.15) is 0 Å². The predicted molar refractivity (Wildman–Crippen MR) is 85.2 cm³/mol. The Balaban J connectivity index is 1.64. The van der Waals surface area contributed by atoms with Gasteiger partial charge in [0.05, 0.1) is 24.4 Å². The normalized spacial score (nSPS) is 30.0. The summed E-state index contributed by atoms with van der Waals surface area (Å²) < 4.78 is 4.79. The molecule has 2 fully saturated rings. The number of halogens is 1. The van der Waals surface area contributed by atoms with Crippen LogP contribution in [0.1, 0.15) is 18.4 Å². The number of H-pyrrole nitrogens is 1. The van der Waals surface area contributed by atoms with Crippen molar-refractivity contribution in [3.63, 3.8) is 0 Å². The van der Waals surface area contributed by atoms with Gasteiger partial charge in [0.25, 0.3) is 0 Å². The number of amides is 1. The second-order valence-electron chi connectivity index (χ2n) is 6.62. The van der Waals surface area contributed by atoms with Gasteiger partial charge in [0.2, 0.25) is 0 Å². The summed E-state index contributed by atoms with van der Waals surface area (Å²) in [6.45, 7) is 1.27. The molecule has 7 heteroatoms. The van der Waals surface area contributed by atoms with Crippen molar-refractivity contribution < 1.29 is 14.6 Å². The van der Waals surface area contributed by atoms with Crippen molar-refractivity contribution in [3.8, 4) is 0 Å². The molecular formula is C16H18ClN3O3.